The number of carbonyl (C=O) groups is 3. The van der Waals surface area contributed by atoms with Crippen LogP contribution in [0.3, 0.4) is 0 Å². The lowest BCUT2D eigenvalue weighted by molar-refractivity contribution is -0.172. The van der Waals surface area contributed by atoms with Gasteiger partial charge in [0.05, 0.1) is 13.0 Å². The second-order valence-corrected chi connectivity index (χ2v) is 8.45. The van der Waals surface area contributed by atoms with Crippen LogP contribution in [0.1, 0.15) is 32.8 Å². The van der Waals surface area contributed by atoms with E-state index in [9.17, 15) is 14.4 Å². The molecule has 6 nitrogen and oxygen atoms in total. The highest BCUT2D eigenvalue weighted by atomic mass is 35.6. The molecule has 0 amide bonds. The van der Waals surface area contributed by atoms with Crippen molar-refractivity contribution < 1.29 is 28.6 Å². The number of hydrogen-bond acceptors (Lipinski definition) is 6. The number of benzene rings is 1. The first kappa shape index (κ1) is 20.8. The Kier molecular flexibility index (Phi) is 5.80. The summed E-state index contributed by atoms with van der Waals surface area (Å²) in [7, 11) is 0. The molecule has 0 saturated carbocycles. The summed E-state index contributed by atoms with van der Waals surface area (Å²) in [6.07, 6.45) is -0.592. The number of halogens is 3. The summed E-state index contributed by atoms with van der Waals surface area (Å²) in [5, 5.41) is 0. The van der Waals surface area contributed by atoms with Crippen LogP contribution in [0.2, 0.25) is 0 Å². The van der Waals surface area contributed by atoms with Crippen molar-refractivity contribution in [3.8, 4) is 5.75 Å². The van der Waals surface area contributed by atoms with Gasteiger partial charge in [-0.2, -0.15) is 0 Å². The number of esters is 3. The van der Waals surface area contributed by atoms with Gasteiger partial charge in [0.2, 0.25) is 9.21 Å². The molecule has 142 valence electrons. The lowest BCUT2D eigenvalue weighted by Gasteiger charge is -2.35. The molecule has 0 spiro atoms. The smallest absolute Gasteiger partial charge is 0.334 e. The second-order valence-electron chi connectivity index (χ2n) is 6.17. The van der Waals surface area contributed by atoms with Crippen molar-refractivity contribution in [1.29, 1.82) is 0 Å². The Morgan fingerprint density at radius 3 is 2.38 bits per heavy atom. The van der Waals surface area contributed by atoms with E-state index in [1.165, 1.54) is 26.0 Å². The summed E-state index contributed by atoms with van der Waals surface area (Å²) in [5.41, 5.74) is -3.41. The third kappa shape index (κ3) is 3.63. The van der Waals surface area contributed by atoms with Crippen molar-refractivity contribution in [2.45, 2.75) is 42.0 Å². The van der Waals surface area contributed by atoms with Gasteiger partial charge in [-0.05, 0) is 26.8 Å². The molecule has 26 heavy (non-hydrogen) atoms. The Labute approximate surface area is 165 Å². The fraction of sp³-hybridized carbons (Fsp3) is 0.471. The van der Waals surface area contributed by atoms with Crippen LogP contribution in [0.5, 0.6) is 5.75 Å². The van der Waals surface area contributed by atoms with E-state index >= 15 is 0 Å². The molecule has 0 N–H and O–H groups in total. The maximum atomic E-state index is 13.0. The normalized spacial score (nSPS) is 19.5. The van der Waals surface area contributed by atoms with Gasteiger partial charge >= 0.3 is 17.9 Å². The van der Waals surface area contributed by atoms with E-state index in [-0.39, 0.29) is 17.9 Å². The van der Waals surface area contributed by atoms with Crippen LogP contribution >= 0.6 is 34.8 Å². The number of fused-ring (bicyclic) bond motifs is 1. The Balaban J connectivity index is 2.51. The van der Waals surface area contributed by atoms with Gasteiger partial charge in [0.15, 0.2) is 5.60 Å². The van der Waals surface area contributed by atoms with Crippen molar-refractivity contribution in [1.82, 2.24) is 0 Å². The molecular weight excluding hydrogens is 407 g/mol. The molecule has 1 atom stereocenters. The van der Waals surface area contributed by atoms with Crippen molar-refractivity contribution in [2.75, 3.05) is 6.61 Å². The molecule has 0 aromatic heterocycles. The third-order valence-electron chi connectivity index (χ3n) is 3.99. The lowest BCUT2D eigenvalue weighted by Crippen LogP contribution is -2.51. The lowest BCUT2D eigenvalue weighted by atomic mass is 9.78. The Morgan fingerprint density at radius 1 is 1.19 bits per heavy atom. The summed E-state index contributed by atoms with van der Waals surface area (Å²) in [6, 6.07) is 6.24. The van der Waals surface area contributed by atoms with E-state index in [1.807, 2.05) is 0 Å². The number of rotatable bonds is 5. The standard InChI is InChI=1S/C17H17Cl3O6/c1-4-24-12(21)9-16(14(23)26-15(2,3)17(18,19)20)10-7-5-6-8-11(10)25-13(16)22/h5-8H,4,9H2,1-3H3/t16-/m0/s1. The molecular formula is C17H17Cl3O6. The molecule has 0 aliphatic carbocycles. The summed E-state index contributed by atoms with van der Waals surface area (Å²) in [6.45, 7) is 4.44. The Morgan fingerprint density at radius 2 is 1.81 bits per heavy atom. The molecule has 0 fully saturated rings. The topological polar surface area (TPSA) is 78.9 Å². The highest BCUT2D eigenvalue weighted by Crippen LogP contribution is 2.46. The van der Waals surface area contributed by atoms with E-state index in [0.29, 0.717) is 0 Å². The predicted octanol–water partition coefficient (Wildman–Crippen LogP) is 3.49. The molecule has 9 heteroatoms. The van der Waals surface area contributed by atoms with E-state index in [0.717, 1.165) is 0 Å². The van der Waals surface area contributed by atoms with E-state index < -0.39 is 39.1 Å². The zero-order chi connectivity index (χ0) is 19.8. The number of ether oxygens (including phenoxy) is 3. The average Bonchev–Trinajstić information content (AvgIpc) is 2.79. The zero-order valence-electron chi connectivity index (χ0n) is 14.3. The number of hydrogen-bond donors (Lipinski definition) is 0. The quantitative estimate of drug-likeness (QED) is 0.312. The fourth-order valence-corrected chi connectivity index (χ4v) is 2.56. The maximum Gasteiger partial charge on any atom is 0.334 e. The van der Waals surface area contributed by atoms with Crippen LogP contribution in [-0.4, -0.2) is 33.9 Å². The molecule has 0 radical (unpaired) electrons. The van der Waals surface area contributed by atoms with E-state index in [1.54, 1.807) is 19.1 Å². The SMILES string of the molecule is CCOC(=O)C[C@@]1(C(=O)OC(C)(C)C(Cl)(Cl)Cl)C(=O)Oc2ccccc21. The molecule has 1 aromatic rings. The molecule has 1 aliphatic heterocycles. The molecule has 0 bridgehead atoms. The van der Waals surface area contributed by atoms with Crippen LogP contribution in [0.4, 0.5) is 0 Å². The van der Waals surface area contributed by atoms with Gasteiger partial charge in [-0.1, -0.05) is 53.0 Å². The molecule has 0 unspecified atom stereocenters. The van der Waals surface area contributed by atoms with E-state index in [4.69, 9.17) is 49.0 Å². The maximum absolute atomic E-state index is 13.0. The Bertz CT molecular complexity index is 740. The van der Waals surface area contributed by atoms with Crippen LogP contribution in [0.15, 0.2) is 24.3 Å². The highest BCUT2D eigenvalue weighted by Gasteiger charge is 2.60. The summed E-state index contributed by atoms with van der Waals surface area (Å²) in [5.74, 6) is -2.61. The van der Waals surface area contributed by atoms with Gasteiger partial charge in [-0.25, -0.2) is 0 Å². The summed E-state index contributed by atoms with van der Waals surface area (Å²) < 4.78 is 13.5. The van der Waals surface area contributed by atoms with Gasteiger partial charge in [0.25, 0.3) is 0 Å². The van der Waals surface area contributed by atoms with Gasteiger partial charge in [0.1, 0.15) is 5.75 Å². The van der Waals surface area contributed by atoms with Gasteiger partial charge in [-0.15, -0.1) is 0 Å². The van der Waals surface area contributed by atoms with Crippen molar-refractivity contribution in [3.63, 3.8) is 0 Å². The minimum atomic E-state index is -2.03. The molecule has 1 heterocycles. The zero-order valence-corrected chi connectivity index (χ0v) is 16.6. The molecule has 0 saturated heterocycles. The van der Waals surface area contributed by atoms with Gasteiger partial charge in [-0.3, -0.25) is 14.4 Å². The Hall–Kier alpha value is -1.50. The first-order valence-electron chi connectivity index (χ1n) is 7.73. The van der Waals surface area contributed by atoms with Crippen molar-refractivity contribution >= 4 is 52.7 Å². The average molecular weight is 424 g/mol. The largest absolute Gasteiger partial charge is 0.466 e. The predicted molar refractivity (Wildman–Crippen MR) is 95.5 cm³/mol. The van der Waals surface area contributed by atoms with Gasteiger partial charge in [0, 0.05) is 5.56 Å². The molecule has 1 aromatic carbocycles. The first-order chi connectivity index (χ1) is 12.0. The van der Waals surface area contributed by atoms with Crippen molar-refractivity contribution in [2.24, 2.45) is 0 Å². The second kappa shape index (κ2) is 7.25. The minimum absolute atomic E-state index is 0.0836. The summed E-state index contributed by atoms with van der Waals surface area (Å²) >= 11 is 17.6. The van der Waals surface area contributed by atoms with Crippen LogP contribution in [0, 0.1) is 0 Å². The highest BCUT2D eigenvalue weighted by molar-refractivity contribution is 6.68. The van der Waals surface area contributed by atoms with Crippen LogP contribution in [0.25, 0.3) is 0 Å². The molecule has 2 rings (SSSR count). The molecule has 1 aliphatic rings. The summed E-state index contributed by atoms with van der Waals surface area (Å²) in [4.78, 5) is 37.8. The minimum Gasteiger partial charge on any atom is -0.466 e. The van der Waals surface area contributed by atoms with Gasteiger partial charge < -0.3 is 14.2 Å². The van der Waals surface area contributed by atoms with E-state index in [2.05, 4.69) is 0 Å². The number of para-hydroxylation sites is 1. The fourth-order valence-electron chi connectivity index (χ4n) is 2.44. The number of carbonyl (C=O) groups excluding carboxylic acids is 3. The number of alkyl halides is 3. The monoisotopic (exact) mass is 422 g/mol. The van der Waals surface area contributed by atoms with Crippen molar-refractivity contribution in [3.05, 3.63) is 29.8 Å². The first-order valence-corrected chi connectivity index (χ1v) is 8.86. The van der Waals surface area contributed by atoms with Crippen LogP contribution < -0.4 is 4.74 Å². The van der Waals surface area contributed by atoms with Crippen LogP contribution in [-0.2, 0) is 29.3 Å². The third-order valence-corrected chi connectivity index (χ3v) is 5.36.